The molecule has 3 aromatic rings. The normalized spacial score (nSPS) is 20.6. The maximum Gasteiger partial charge on any atom is 0.225 e. The van der Waals surface area contributed by atoms with Crippen molar-refractivity contribution >= 4 is 5.91 Å². The van der Waals surface area contributed by atoms with E-state index in [1.54, 1.807) is 7.11 Å². The van der Waals surface area contributed by atoms with Gasteiger partial charge in [-0.1, -0.05) is 0 Å². The smallest absolute Gasteiger partial charge is 0.225 e. The van der Waals surface area contributed by atoms with Gasteiger partial charge in [-0.05, 0) is 63.9 Å². The molecule has 1 amide bonds. The molecule has 4 heterocycles. The van der Waals surface area contributed by atoms with E-state index in [1.807, 2.05) is 53.7 Å². The quantitative estimate of drug-likeness (QED) is 0.628. The minimum atomic E-state index is 0.0454. The Hall–Kier alpha value is -3.09. The molecule has 1 saturated heterocycles. The first-order valence-corrected chi connectivity index (χ1v) is 11.0. The number of carbonyl (C=O) groups excluding carboxylic acids is 1. The number of methoxy groups -OCH3 is 1. The Morgan fingerprint density at radius 3 is 2.68 bits per heavy atom. The van der Waals surface area contributed by atoms with Crippen LogP contribution in [0.25, 0.3) is 5.69 Å². The third-order valence-electron chi connectivity index (χ3n) is 6.73. The van der Waals surface area contributed by atoms with Gasteiger partial charge in [0.2, 0.25) is 5.91 Å². The number of hydrogen-bond acceptors (Lipinski definition) is 4. The van der Waals surface area contributed by atoms with E-state index in [4.69, 9.17) is 4.74 Å². The Morgan fingerprint density at radius 2 is 2.00 bits per heavy atom. The largest absolute Gasteiger partial charge is 0.497 e. The summed E-state index contributed by atoms with van der Waals surface area (Å²) in [7, 11) is 1.67. The molecule has 2 aliphatic rings. The number of amides is 1. The highest BCUT2D eigenvalue weighted by molar-refractivity contribution is 5.78. The first kappa shape index (κ1) is 19.8. The van der Waals surface area contributed by atoms with E-state index in [1.165, 1.54) is 11.3 Å². The zero-order chi connectivity index (χ0) is 21.7. The van der Waals surface area contributed by atoms with Crippen LogP contribution in [0.1, 0.15) is 60.9 Å². The summed E-state index contributed by atoms with van der Waals surface area (Å²) in [6, 6.07) is 10.4. The van der Waals surface area contributed by atoms with Crippen LogP contribution < -0.4 is 4.74 Å². The van der Waals surface area contributed by atoms with Crippen LogP contribution in [0.15, 0.2) is 36.5 Å². The van der Waals surface area contributed by atoms with E-state index in [0.29, 0.717) is 6.42 Å². The van der Waals surface area contributed by atoms with Gasteiger partial charge in [0.1, 0.15) is 5.75 Å². The zero-order valence-corrected chi connectivity index (χ0v) is 18.6. The third kappa shape index (κ3) is 3.32. The van der Waals surface area contributed by atoms with Gasteiger partial charge >= 0.3 is 0 Å². The summed E-state index contributed by atoms with van der Waals surface area (Å²) in [6.07, 6.45) is 5.32. The van der Waals surface area contributed by atoms with Crippen LogP contribution in [0.2, 0.25) is 0 Å². The highest BCUT2D eigenvalue weighted by atomic mass is 16.5. The fraction of sp³-hybridized carbons (Fsp3) is 0.458. The van der Waals surface area contributed by atoms with Crippen molar-refractivity contribution < 1.29 is 9.53 Å². The number of ether oxygens (including phenoxy) is 1. The van der Waals surface area contributed by atoms with E-state index in [2.05, 4.69) is 28.1 Å². The molecule has 5 rings (SSSR count). The molecule has 0 spiro atoms. The van der Waals surface area contributed by atoms with Gasteiger partial charge in [-0.2, -0.15) is 10.2 Å². The monoisotopic (exact) mass is 419 g/mol. The van der Waals surface area contributed by atoms with Crippen LogP contribution in [0.5, 0.6) is 5.75 Å². The second-order valence-corrected chi connectivity index (χ2v) is 8.83. The molecule has 2 aliphatic heterocycles. The number of aryl methyl sites for hydroxylation is 2. The van der Waals surface area contributed by atoms with Crippen molar-refractivity contribution in [3.8, 4) is 11.4 Å². The highest BCUT2D eigenvalue weighted by Gasteiger charge is 2.44. The molecule has 7 heteroatoms. The van der Waals surface area contributed by atoms with Crippen LogP contribution >= 0.6 is 0 Å². The molecule has 0 N–H and O–H groups in total. The first-order chi connectivity index (χ1) is 15.0. The van der Waals surface area contributed by atoms with E-state index in [9.17, 15) is 4.79 Å². The first-order valence-electron chi connectivity index (χ1n) is 11.0. The van der Waals surface area contributed by atoms with Crippen LogP contribution in [-0.4, -0.2) is 43.5 Å². The molecule has 1 aromatic carbocycles. The summed E-state index contributed by atoms with van der Waals surface area (Å²) in [5.74, 6) is 1.05. The van der Waals surface area contributed by atoms with Crippen molar-refractivity contribution in [3.05, 3.63) is 59.2 Å². The number of fused-ring (bicyclic) bond motifs is 4. The van der Waals surface area contributed by atoms with Crippen LogP contribution in [-0.2, 0) is 11.2 Å². The van der Waals surface area contributed by atoms with Crippen molar-refractivity contribution in [3.63, 3.8) is 0 Å². The van der Waals surface area contributed by atoms with Gasteiger partial charge in [-0.15, -0.1) is 0 Å². The molecule has 0 unspecified atom stereocenters. The fourth-order valence-corrected chi connectivity index (χ4v) is 5.34. The number of nitrogens with zero attached hydrogens (tertiary/aromatic N) is 5. The van der Waals surface area contributed by atoms with Gasteiger partial charge in [-0.3, -0.25) is 9.48 Å². The van der Waals surface area contributed by atoms with Gasteiger partial charge < -0.3 is 9.64 Å². The predicted molar refractivity (Wildman–Crippen MR) is 117 cm³/mol. The molecule has 162 valence electrons. The number of benzene rings is 1. The predicted octanol–water partition coefficient (Wildman–Crippen LogP) is 3.93. The van der Waals surface area contributed by atoms with Crippen LogP contribution in [0.3, 0.4) is 0 Å². The molecule has 7 nitrogen and oxygen atoms in total. The summed E-state index contributed by atoms with van der Waals surface area (Å²) in [5, 5.41) is 9.25. The SMILES string of the molecule is COc1ccc(-n2ncc3c2C[C@@H]2CC[C@H]3N2C(=O)C[C@H](C)n2nc(C)cc2C)cc1. The second-order valence-electron chi connectivity index (χ2n) is 8.83. The number of aromatic nitrogens is 4. The molecule has 3 atom stereocenters. The molecule has 1 fully saturated rings. The lowest BCUT2D eigenvalue weighted by molar-refractivity contribution is -0.135. The van der Waals surface area contributed by atoms with E-state index in [-0.39, 0.29) is 24.0 Å². The molecule has 0 aliphatic carbocycles. The van der Waals surface area contributed by atoms with Gasteiger partial charge in [0.15, 0.2) is 0 Å². The molecule has 0 radical (unpaired) electrons. The minimum absolute atomic E-state index is 0.0454. The van der Waals surface area contributed by atoms with Crippen molar-refractivity contribution in [2.75, 3.05) is 7.11 Å². The Morgan fingerprint density at radius 1 is 1.23 bits per heavy atom. The third-order valence-corrected chi connectivity index (χ3v) is 6.73. The Kier molecular flexibility index (Phi) is 4.84. The molecule has 0 saturated carbocycles. The lowest BCUT2D eigenvalue weighted by atomic mass is 9.99. The number of carbonyl (C=O) groups is 1. The maximum absolute atomic E-state index is 13.4. The Bertz CT molecular complexity index is 1110. The Balaban J connectivity index is 1.38. The van der Waals surface area contributed by atoms with Crippen LogP contribution in [0.4, 0.5) is 0 Å². The summed E-state index contributed by atoms with van der Waals surface area (Å²) in [6.45, 7) is 6.12. The van der Waals surface area contributed by atoms with Gasteiger partial charge in [0, 0.05) is 30.1 Å². The van der Waals surface area contributed by atoms with Crippen molar-refractivity contribution in [1.29, 1.82) is 0 Å². The van der Waals surface area contributed by atoms with E-state index < -0.39 is 0 Å². The second kappa shape index (κ2) is 7.55. The average Bonchev–Trinajstić information content (AvgIpc) is 3.43. The highest BCUT2D eigenvalue weighted by Crippen LogP contribution is 2.44. The lowest BCUT2D eigenvalue weighted by Crippen LogP contribution is -2.42. The van der Waals surface area contributed by atoms with Crippen LogP contribution in [0, 0.1) is 13.8 Å². The standard InChI is InChI=1S/C24H29N5O2/c1-15-11-16(2)28(26-15)17(3)12-24(30)27-19-7-10-22(27)21-14-25-29(23(21)13-19)18-5-8-20(31-4)9-6-18/h5-6,8-9,11,14,17,19,22H,7,10,12-13H2,1-4H3/t17-,19-,22+/m0/s1. The van der Waals surface area contributed by atoms with Gasteiger partial charge in [0.05, 0.1) is 42.5 Å². The van der Waals surface area contributed by atoms with Crippen molar-refractivity contribution in [2.45, 2.75) is 64.6 Å². The van der Waals surface area contributed by atoms with Gasteiger partial charge in [-0.25, -0.2) is 4.68 Å². The summed E-state index contributed by atoms with van der Waals surface area (Å²) < 4.78 is 9.28. The van der Waals surface area contributed by atoms with Gasteiger partial charge in [0.25, 0.3) is 0 Å². The summed E-state index contributed by atoms with van der Waals surface area (Å²) in [4.78, 5) is 15.5. The lowest BCUT2D eigenvalue weighted by Gasteiger charge is -2.36. The van der Waals surface area contributed by atoms with Crippen molar-refractivity contribution in [1.82, 2.24) is 24.5 Å². The van der Waals surface area contributed by atoms with E-state index in [0.717, 1.165) is 42.1 Å². The molecule has 31 heavy (non-hydrogen) atoms. The minimum Gasteiger partial charge on any atom is -0.497 e. The zero-order valence-electron chi connectivity index (χ0n) is 18.6. The molecule has 2 bridgehead atoms. The van der Waals surface area contributed by atoms with E-state index >= 15 is 0 Å². The summed E-state index contributed by atoms with van der Waals surface area (Å²) in [5.41, 5.74) is 5.54. The number of rotatable bonds is 5. The Labute approximate surface area is 182 Å². The molecular formula is C24H29N5O2. The number of hydrogen-bond donors (Lipinski definition) is 0. The molecule has 2 aromatic heterocycles. The average molecular weight is 420 g/mol. The fourth-order valence-electron chi connectivity index (χ4n) is 5.34. The maximum atomic E-state index is 13.4. The summed E-state index contributed by atoms with van der Waals surface area (Å²) >= 11 is 0. The molecular weight excluding hydrogens is 390 g/mol. The topological polar surface area (TPSA) is 65.2 Å². The van der Waals surface area contributed by atoms with Crippen molar-refractivity contribution in [2.24, 2.45) is 0 Å².